The van der Waals surface area contributed by atoms with Crippen molar-refractivity contribution in [3.63, 3.8) is 0 Å². The normalized spacial score (nSPS) is 11.8. The van der Waals surface area contributed by atoms with E-state index in [-0.39, 0.29) is 0 Å². The Hall–Kier alpha value is -8.25. The van der Waals surface area contributed by atoms with Crippen LogP contribution in [0.5, 0.6) is 0 Å². The van der Waals surface area contributed by atoms with Gasteiger partial charge in [-0.05, 0) is 79.9 Å². The van der Waals surface area contributed by atoms with Crippen molar-refractivity contribution in [1.29, 1.82) is 0 Å². The molecule has 0 aliphatic carbocycles. The summed E-state index contributed by atoms with van der Waals surface area (Å²) in [7, 11) is 0. The highest BCUT2D eigenvalue weighted by Crippen LogP contribution is 2.48. The number of rotatable bonds is 6. The van der Waals surface area contributed by atoms with Gasteiger partial charge in [-0.1, -0.05) is 182 Å². The molecule has 4 nitrogen and oxygen atoms in total. The topological polar surface area (TPSA) is 51.8 Å². The highest BCUT2D eigenvalue weighted by atomic mass is 32.1. The minimum atomic E-state index is 0.594. The van der Waals surface area contributed by atoms with E-state index in [4.69, 9.17) is 19.4 Å². The molecular formula is C59H35N3OS. The number of aromatic nitrogens is 3. The van der Waals surface area contributed by atoms with Crippen molar-refractivity contribution >= 4 is 75.0 Å². The molecule has 0 saturated heterocycles. The summed E-state index contributed by atoms with van der Waals surface area (Å²) in [5.41, 5.74) is 11.4. The van der Waals surface area contributed by atoms with Crippen molar-refractivity contribution in [2.75, 3.05) is 0 Å². The second kappa shape index (κ2) is 14.7. The smallest absolute Gasteiger partial charge is 0.165 e. The summed E-state index contributed by atoms with van der Waals surface area (Å²) in [6, 6.07) is 74.9. The average Bonchev–Trinajstić information content (AvgIpc) is 3.95. The van der Waals surface area contributed by atoms with E-state index in [0.717, 1.165) is 76.0 Å². The Balaban J connectivity index is 1.10. The maximum Gasteiger partial charge on any atom is 0.165 e. The molecule has 0 saturated carbocycles. The second-order valence-electron chi connectivity index (χ2n) is 16.2. The monoisotopic (exact) mass is 833 g/mol. The van der Waals surface area contributed by atoms with Gasteiger partial charge in [0.05, 0.1) is 0 Å². The molecule has 0 N–H and O–H groups in total. The Morgan fingerprint density at radius 1 is 0.344 bits per heavy atom. The SMILES string of the molecule is c1ccc(-c2cccc(-c3cccc4sc5c(-c6nc(-c7ccccc7)nc(-c7c8ccccc8cc8oc9c%10ccccc%10cc(-c%10ccccc%10)c9c78)n6)cccc5c34)c2)cc1. The zero-order valence-electron chi connectivity index (χ0n) is 34.4. The number of benzene rings is 10. The van der Waals surface area contributed by atoms with Crippen LogP contribution >= 0.6 is 11.3 Å². The molecule has 13 aromatic rings. The Labute approximate surface area is 372 Å². The second-order valence-corrected chi connectivity index (χ2v) is 17.3. The molecule has 0 unspecified atom stereocenters. The summed E-state index contributed by atoms with van der Waals surface area (Å²) < 4.78 is 9.38. The molecular weight excluding hydrogens is 799 g/mol. The summed E-state index contributed by atoms with van der Waals surface area (Å²) in [5, 5.41) is 8.71. The van der Waals surface area contributed by atoms with Crippen molar-refractivity contribution in [3.05, 3.63) is 212 Å². The van der Waals surface area contributed by atoms with Gasteiger partial charge in [-0.15, -0.1) is 11.3 Å². The highest BCUT2D eigenvalue weighted by molar-refractivity contribution is 7.26. The third-order valence-corrected chi connectivity index (χ3v) is 13.7. The van der Waals surface area contributed by atoms with Crippen LogP contribution in [-0.2, 0) is 0 Å². The van der Waals surface area contributed by atoms with Gasteiger partial charge in [0.2, 0.25) is 0 Å². The van der Waals surface area contributed by atoms with Crippen molar-refractivity contribution in [3.8, 4) is 67.5 Å². The largest absolute Gasteiger partial charge is 0.455 e. The van der Waals surface area contributed by atoms with Gasteiger partial charge in [0.25, 0.3) is 0 Å². The molecule has 0 fully saturated rings. The molecule has 13 rings (SSSR count). The van der Waals surface area contributed by atoms with Gasteiger partial charge in [-0.3, -0.25) is 0 Å². The molecule has 0 radical (unpaired) electrons. The number of hydrogen-bond donors (Lipinski definition) is 0. The Morgan fingerprint density at radius 3 is 1.72 bits per heavy atom. The van der Waals surface area contributed by atoms with E-state index in [0.29, 0.717) is 17.5 Å². The molecule has 64 heavy (non-hydrogen) atoms. The van der Waals surface area contributed by atoms with E-state index in [9.17, 15) is 0 Å². The first-order valence-electron chi connectivity index (χ1n) is 21.5. The Kier molecular flexibility index (Phi) is 8.36. The molecule has 3 heterocycles. The van der Waals surface area contributed by atoms with Crippen LogP contribution in [-0.4, -0.2) is 15.0 Å². The molecule has 0 bridgehead atoms. The van der Waals surface area contributed by atoms with E-state index in [1.165, 1.54) is 37.7 Å². The first kappa shape index (κ1) is 36.4. The Bertz CT molecular complexity index is 3950. The van der Waals surface area contributed by atoms with Crippen molar-refractivity contribution in [2.45, 2.75) is 0 Å². The van der Waals surface area contributed by atoms with E-state index in [1.54, 1.807) is 11.3 Å². The lowest BCUT2D eigenvalue weighted by Crippen LogP contribution is -2.01. The standard InChI is InChI=1S/C59H35N3OS/c1-4-17-36(18-5-1)39-25-14-26-40(33-39)43-29-16-32-50-51(43)46-30-15-31-47(56(46)64-50)58-60-57(38-21-8-3-9-22-38)61-59(62-58)53-44-27-12-10-24-42(44)35-49-54(53)52-48(37-19-6-2-7-20-37)34-41-23-11-13-28-45(41)55(52)63-49/h1-35H. The van der Waals surface area contributed by atoms with Gasteiger partial charge in [0, 0.05) is 53.0 Å². The van der Waals surface area contributed by atoms with Crippen LogP contribution in [0.3, 0.4) is 0 Å². The number of thiophene rings is 1. The van der Waals surface area contributed by atoms with Crippen LogP contribution in [0.25, 0.3) is 131 Å². The van der Waals surface area contributed by atoms with Crippen molar-refractivity contribution in [1.82, 2.24) is 15.0 Å². The van der Waals surface area contributed by atoms with Gasteiger partial charge in [-0.25, -0.2) is 15.0 Å². The molecule has 0 aliphatic heterocycles. The van der Waals surface area contributed by atoms with Crippen LogP contribution < -0.4 is 0 Å². The van der Waals surface area contributed by atoms with E-state index in [2.05, 4.69) is 194 Å². The number of fused-ring (bicyclic) bond motifs is 9. The van der Waals surface area contributed by atoms with Crippen molar-refractivity contribution in [2.24, 2.45) is 0 Å². The van der Waals surface area contributed by atoms with Crippen LogP contribution in [0.2, 0.25) is 0 Å². The number of furan rings is 1. The first-order chi connectivity index (χ1) is 31.7. The number of nitrogens with zero attached hydrogens (tertiary/aromatic N) is 3. The van der Waals surface area contributed by atoms with Crippen LogP contribution in [0.1, 0.15) is 0 Å². The van der Waals surface area contributed by atoms with Crippen LogP contribution in [0, 0.1) is 0 Å². The maximum atomic E-state index is 7.03. The summed E-state index contributed by atoms with van der Waals surface area (Å²) in [5.74, 6) is 1.83. The summed E-state index contributed by atoms with van der Waals surface area (Å²) in [6.07, 6.45) is 0. The summed E-state index contributed by atoms with van der Waals surface area (Å²) in [4.78, 5) is 16.3. The summed E-state index contributed by atoms with van der Waals surface area (Å²) >= 11 is 1.79. The fourth-order valence-electron chi connectivity index (χ4n) is 9.59. The quantitative estimate of drug-likeness (QED) is 0.167. The van der Waals surface area contributed by atoms with Gasteiger partial charge in [0.1, 0.15) is 11.2 Å². The molecule has 3 aromatic heterocycles. The van der Waals surface area contributed by atoms with E-state index < -0.39 is 0 Å². The molecule has 0 atom stereocenters. The molecule has 0 amide bonds. The van der Waals surface area contributed by atoms with E-state index >= 15 is 0 Å². The van der Waals surface area contributed by atoms with Crippen molar-refractivity contribution < 1.29 is 4.42 Å². The predicted octanol–water partition coefficient (Wildman–Crippen LogP) is 16.4. The van der Waals surface area contributed by atoms with Gasteiger partial charge >= 0.3 is 0 Å². The highest BCUT2D eigenvalue weighted by Gasteiger charge is 2.25. The Morgan fingerprint density at radius 2 is 0.922 bits per heavy atom. The molecule has 10 aromatic carbocycles. The van der Waals surface area contributed by atoms with E-state index in [1.807, 2.05) is 18.2 Å². The summed E-state index contributed by atoms with van der Waals surface area (Å²) in [6.45, 7) is 0. The van der Waals surface area contributed by atoms with Gasteiger partial charge in [0.15, 0.2) is 17.5 Å². The zero-order valence-corrected chi connectivity index (χ0v) is 35.2. The molecule has 0 aliphatic rings. The number of hydrogen-bond acceptors (Lipinski definition) is 5. The minimum Gasteiger partial charge on any atom is -0.455 e. The van der Waals surface area contributed by atoms with Crippen LogP contribution in [0.4, 0.5) is 0 Å². The first-order valence-corrected chi connectivity index (χ1v) is 22.3. The third-order valence-electron chi connectivity index (χ3n) is 12.5. The average molecular weight is 834 g/mol. The lowest BCUT2D eigenvalue weighted by atomic mass is 9.92. The lowest BCUT2D eigenvalue weighted by Gasteiger charge is -2.13. The lowest BCUT2D eigenvalue weighted by molar-refractivity contribution is 0.673. The minimum absolute atomic E-state index is 0.594. The maximum absolute atomic E-state index is 7.03. The fraction of sp³-hybridized carbons (Fsp3) is 0. The third kappa shape index (κ3) is 5.86. The van der Waals surface area contributed by atoms with Gasteiger partial charge < -0.3 is 4.42 Å². The molecule has 0 spiro atoms. The fourth-order valence-corrected chi connectivity index (χ4v) is 10.8. The zero-order chi connectivity index (χ0) is 42.1. The molecule has 5 heteroatoms. The van der Waals surface area contributed by atoms with Crippen LogP contribution in [0.15, 0.2) is 217 Å². The molecule has 298 valence electrons. The predicted molar refractivity (Wildman–Crippen MR) is 268 cm³/mol. The van der Waals surface area contributed by atoms with Gasteiger partial charge in [-0.2, -0.15) is 0 Å².